The number of nitrogens with one attached hydrogen (secondary N) is 1. The molecule has 1 amide bonds. The van der Waals surface area contributed by atoms with Crippen molar-refractivity contribution in [3.63, 3.8) is 0 Å². The van der Waals surface area contributed by atoms with Crippen molar-refractivity contribution in [1.29, 1.82) is 0 Å². The van der Waals surface area contributed by atoms with Gasteiger partial charge in [0.2, 0.25) is 0 Å². The number of halogens is 2. The molecule has 0 aliphatic carbocycles. The molecule has 26 heavy (non-hydrogen) atoms. The zero-order valence-electron chi connectivity index (χ0n) is 13.6. The van der Waals surface area contributed by atoms with Crippen LogP contribution in [0.4, 0.5) is 10.1 Å². The molecular formula is C20H15ClFNO3. The Balaban J connectivity index is 1.67. The number of benzene rings is 3. The predicted octanol–water partition coefficient (Wildman–Crippen LogP) is 5.29. The molecule has 3 rings (SSSR count). The average Bonchev–Trinajstić information content (AvgIpc) is 2.64. The van der Waals surface area contributed by atoms with Gasteiger partial charge in [-0.05, 0) is 54.6 Å². The maximum absolute atomic E-state index is 12.9. The molecule has 0 saturated heterocycles. The van der Waals surface area contributed by atoms with E-state index in [-0.39, 0.29) is 12.4 Å². The Kier molecular flexibility index (Phi) is 5.71. The third-order valence-corrected chi connectivity index (χ3v) is 3.61. The van der Waals surface area contributed by atoms with Crippen LogP contribution < -0.4 is 14.8 Å². The topological polar surface area (TPSA) is 47.6 Å². The van der Waals surface area contributed by atoms with Gasteiger partial charge in [0.15, 0.2) is 12.4 Å². The molecule has 4 nitrogen and oxygen atoms in total. The van der Waals surface area contributed by atoms with E-state index < -0.39 is 5.91 Å². The van der Waals surface area contributed by atoms with Crippen LogP contribution >= 0.6 is 11.6 Å². The molecular weight excluding hydrogens is 357 g/mol. The Bertz CT molecular complexity index is 885. The SMILES string of the molecule is O=C(COc1ccc(F)cc1)Nc1cc(Cl)ccc1Oc1ccccc1. The van der Waals surface area contributed by atoms with E-state index in [1.165, 1.54) is 24.3 Å². The van der Waals surface area contributed by atoms with Crippen molar-refractivity contribution in [2.45, 2.75) is 0 Å². The summed E-state index contributed by atoms with van der Waals surface area (Å²) in [4.78, 5) is 12.2. The monoisotopic (exact) mass is 371 g/mol. The van der Waals surface area contributed by atoms with E-state index >= 15 is 0 Å². The quantitative estimate of drug-likeness (QED) is 0.640. The number of hydrogen-bond acceptors (Lipinski definition) is 3. The van der Waals surface area contributed by atoms with Gasteiger partial charge in [-0.15, -0.1) is 0 Å². The van der Waals surface area contributed by atoms with E-state index in [4.69, 9.17) is 21.1 Å². The highest BCUT2D eigenvalue weighted by molar-refractivity contribution is 6.31. The van der Waals surface area contributed by atoms with Crippen molar-refractivity contribution >= 4 is 23.2 Å². The first kappa shape index (κ1) is 17.8. The van der Waals surface area contributed by atoms with Crippen LogP contribution in [-0.4, -0.2) is 12.5 Å². The Morgan fingerprint density at radius 1 is 0.962 bits per heavy atom. The maximum atomic E-state index is 12.9. The van der Waals surface area contributed by atoms with Crippen molar-refractivity contribution in [3.8, 4) is 17.2 Å². The maximum Gasteiger partial charge on any atom is 0.262 e. The predicted molar refractivity (Wildman–Crippen MR) is 98.5 cm³/mol. The fourth-order valence-electron chi connectivity index (χ4n) is 2.17. The number of hydrogen-bond donors (Lipinski definition) is 1. The van der Waals surface area contributed by atoms with Gasteiger partial charge in [-0.2, -0.15) is 0 Å². The summed E-state index contributed by atoms with van der Waals surface area (Å²) < 4.78 is 24.0. The highest BCUT2D eigenvalue weighted by Crippen LogP contribution is 2.32. The minimum atomic E-state index is -0.394. The van der Waals surface area contributed by atoms with Crippen LogP contribution in [0.1, 0.15) is 0 Å². The molecule has 132 valence electrons. The Morgan fingerprint density at radius 2 is 1.69 bits per heavy atom. The molecule has 0 bridgehead atoms. The molecule has 0 heterocycles. The largest absolute Gasteiger partial charge is 0.484 e. The Hall–Kier alpha value is -3.05. The van der Waals surface area contributed by atoms with Gasteiger partial charge in [0.1, 0.15) is 17.3 Å². The molecule has 6 heteroatoms. The van der Waals surface area contributed by atoms with Gasteiger partial charge < -0.3 is 14.8 Å². The normalized spacial score (nSPS) is 10.2. The first-order valence-corrected chi connectivity index (χ1v) is 8.18. The second-order valence-electron chi connectivity index (χ2n) is 5.35. The molecule has 1 N–H and O–H groups in total. The fourth-order valence-corrected chi connectivity index (χ4v) is 2.34. The van der Waals surface area contributed by atoms with Gasteiger partial charge >= 0.3 is 0 Å². The zero-order valence-corrected chi connectivity index (χ0v) is 14.4. The number of amides is 1. The van der Waals surface area contributed by atoms with Crippen LogP contribution in [0, 0.1) is 5.82 Å². The van der Waals surface area contributed by atoms with Crippen LogP contribution in [0.15, 0.2) is 72.8 Å². The number of anilines is 1. The minimum Gasteiger partial charge on any atom is -0.484 e. The molecule has 3 aromatic carbocycles. The van der Waals surface area contributed by atoms with Crippen molar-refractivity contribution in [2.24, 2.45) is 0 Å². The van der Waals surface area contributed by atoms with Crippen LogP contribution in [0.5, 0.6) is 17.2 Å². The average molecular weight is 372 g/mol. The van der Waals surface area contributed by atoms with Gasteiger partial charge in [-0.25, -0.2) is 4.39 Å². The lowest BCUT2D eigenvalue weighted by Crippen LogP contribution is -2.20. The number of carbonyl (C=O) groups excluding carboxylic acids is 1. The second-order valence-corrected chi connectivity index (χ2v) is 5.78. The number of para-hydroxylation sites is 1. The van der Waals surface area contributed by atoms with Crippen molar-refractivity contribution < 1.29 is 18.7 Å². The summed E-state index contributed by atoms with van der Waals surface area (Å²) in [6.07, 6.45) is 0. The summed E-state index contributed by atoms with van der Waals surface area (Å²) in [5.74, 6) is 0.718. The third-order valence-electron chi connectivity index (χ3n) is 3.37. The number of rotatable bonds is 6. The standard InChI is InChI=1S/C20H15ClFNO3/c21-14-6-11-19(26-17-4-2-1-3-5-17)18(12-14)23-20(24)13-25-16-9-7-15(22)8-10-16/h1-12H,13H2,(H,23,24). The number of ether oxygens (including phenoxy) is 2. The molecule has 0 atom stereocenters. The van der Waals surface area contributed by atoms with Crippen LogP contribution in [0.3, 0.4) is 0 Å². The summed E-state index contributed by atoms with van der Waals surface area (Å²) in [5.41, 5.74) is 0.425. The highest BCUT2D eigenvalue weighted by atomic mass is 35.5. The summed E-state index contributed by atoms with van der Waals surface area (Å²) in [7, 11) is 0. The third kappa shape index (κ3) is 4.97. The van der Waals surface area contributed by atoms with E-state index in [1.807, 2.05) is 18.2 Å². The van der Waals surface area contributed by atoms with Crippen LogP contribution in [0.2, 0.25) is 5.02 Å². The van der Waals surface area contributed by atoms with E-state index in [2.05, 4.69) is 5.32 Å². The lowest BCUT2D eigenvalue weighted by atomic mass is 10.2. The summed E-state index contributed by atoms with van der Waals surface area (Å²) >= 11 is 6.02. The van der Waals surface area contributed by atoms with Gasteiger partial charge in [-0.3, -0.25) is 4.79 Å². The molecule has 0 saturated carbocycles. The highest BCUT2D eigenvalue weighted by Gasteiger charge is 2.11. The molecule has 0 aromatic heterocycles. The van der Waals surface area contributed by atoms with E-state index in [0.717, 1.165) is 0 Å². The molecule has 0 aliphatic heterocycles. The number of carbonyl (C=O) groups is 1. The first-order valence-electron chi connectivity index (χ1n) is 7.81. The van der Waals surface area contributed by atoms with Crippen molar-refractivity contribution in [1.82, 2.24) is 0 Å². The first-order chi connectivity index (χ1) is 12.6. The van der Waals surface area contributed by atoms with E-state index in [1.54, 1.807) is 30.3 Å². The van der Waals surface area contributed by atoms with E-state index in [0.29, 0.717) is 28.0 Å². The van der Waals surface area contributed by atoms with Gasteiger partial charge in [0.05, 0.1) is 5.69 Å². The lowest BCUT2D eigenvalue weighted by molar-refractivity contribution is -0.118. The Labute approximate surface area is 155 Å². The fraction of sp³-hybridized carbons (Fsp3) is 0.0500. The molecule has 0 spiro atoms. The molecule has 0 fully saturated rings. The summed E-state index contributed by atoms with van der Waals surface area (Å²) in [6, 6.07) is 19.5. The molecule has 3 aromatic rings. The smallest absolute Gasteiger partial charge is 0.262 e. The lowest BCUT2D eigenvalue weighted by Gasteiger charge is -2.13. The second kappa shape index (κ2) is 8.36. The van der Waals surface area contributed by atoms with Gasteiger partial charge in [-0.1, -0.05) is 29.8 Å². The summed E-state index contributed by atoms with van der Waals surface area (Å²) in [5, 5.41) is 3.16. The van der Waals surface area contributed by atoms with Crippen LogP contribution in [-0.2, 0) is 4.79 Å². The molecule has 0 unspecified atom stereocenters. The van der Waals surface area contributed by atoms with Crippen molar-refractivity contribution in [3.05, 3.63) is 83.6 Å². The van der Waals surface area contributed by atoms with Gasteiger partial charge in [0.25, 0.3) is 5.91 Å². The minimum absolute atomic E-state index is 0.233. The summed E-state index contributed by atoms with van der Waals surface area (Å²) in [6.45, 7) is -0.233. The van der Waals surface area contributed by atoms with Crippen LogP contribution in [0.25, 0.3) is 0 Å². The molecule has 0 radical (unpaired) electrons. The van der Waals surface area contributed by atoms with E-state index in [9.17, 15) is 9.18 Å². The Morgan fingerprint density at radius 3 is 2.42 bits per heavy atom. The van der Waals surface area contributed by atoms with Crippen molar-refractivity contribution in [2.75, 3.05) is 11.9 Å². The zero-order chi connectivity index (χ0) is 18.4. The van der Waals surface area contributed by atoms with Gasteiger partial charge in [0, 0.05) is 5.02 Å². The molecule has 0 aliphatic rings.